The summed E-state index contributed by atoms with van der Waals surface area (Å²) in [7, 11) is 0. The van der Waals surface area contributed by atoms with Crippen molar-refractivity contribution >= 4 is 59.9 Å². The predicted molar refractivity (Wildman–Crippen MR) is 95.0 cm³/mol. The summed E-state index contributed by atoms with van der Waals surface area (Å²) in [6.07, 6.45) is 3.11. The highest BCUT2D eigenvalue weighted by Crippen LogP contribution is 2.36. The van der Waals surface area contributed by atoms with E-state index in [2.05, 4.69) is 63.3 Å². The number of benzene rings is 1. The van der Waals surface area contributed by atoms with Gasteiger partial charge in [0, 0.05) is 10.7 Å². The highest BCUT2D eigenvalue weighted by molar-refractivity contribution is 9.11. The van der Waals surface area contributed by atoms with Crippen molar-refractivity contribution in [3.05, 3.63) is 55.6 Å². The van der Waals surface area contributed by atoms with Gasteiger partial charge in [0.1, 0.15) is 5.75 Å². The van der Waals surface area contributed by atoms with Crippen LogP contribution in [0.1, 0.15) is 5.69 Å². The number of aromatic nitrogens is 1. The minimum atomic E-state index is -0.367. The lowest BCUT2D eigenvalue weighted by molar-refractivity contribution is -0.123. The Morgan fingerprint density at radius 1 is 1.27 bits per heavy atom. The van der Waals surface area contributed by atoms with Gasteiger partial charge in [-0.2, -0.15) is 5.10 Å². The summed E-state index contributed by atoms with van der Waals surface area (Å²) in [5.41, 5.74) is 3.03. The van der Waals surface area contributed by atoms with Gasteiger partial charge in [-0.05, 0) is 56.1 Å². The second-order valence-electron chi connectivity index (χ2n) is 4.04. The van der Waals surface area contributed by atoms with Gasteiger partial charge in [-0.25, -0.2) is 5.43 Å². The lowest BCUT2D eigenvalue weighted by Gasteiger charge is -2.09. The van der Waals surface area contributed by atoms with Crippen molar-refractivity contribution in [3.8, 4) is 5.75 Å². The van der Waals surface area contributed by atoms with Crippen molar-refractivity contribution in [3.63, 3.8) is 0 Å². The second kappa shape index (κ2) is 8.40. The number of nitrogens with one attached hydrogen (secondary N) is 1. The van der Waals surface area contributed by atoms with Crippen molar-refractivity contribution in [2.24, 2.45) is 5.10 Å². The molecule has 0 bridgehead atoms. The lowest BCUT2D eigenvalue weighted by atomic mass is 10.3. The molecule has 1 heterocycles. The molecule has 1 amide bonds. The molecule has 0 saturated carbocycles. The first kappa shape index (κ1) is 17.1. The van der Waals surface area contributed by atoms with Crippen molar-refractivity contribution in [1.82, 2.24) is 10.4 Å². The fourth-order valence-electron chi connectivity index (χ4n) is 1.46. The molecule has 22 heavy (non-hydrogen) atoms. The number of carbonyl (C=O) groups is 1. The van der Waals surface area contributed by atoms with Crippen LogP contribution in [-0.2, 0) is 4.79 Å². The number of hydrazone groups is 1. The molecule has 1 aromatic heterocycles. The number of hydrogen-bond donors (Lipinski definition) is 1. The summed E-state index contributed by atoms with van der Waals surface area (Å²) in [6, 6.07) is 9.08. The molecule has 114 valence electrons. The third-order valence-corrected chi connectivity index (χ3v) is 4.02. The van der Waals surface area contributed by atoms with Gasteiger partial charge in [-0.1, -0.05) is 22.0 Å². The van der Waals surface area contributed by atoms with E-state index in [0.717, 1.165) is 13.4 Å². The minimum Gasteiger partial charge on any atom is -0.481 e. The zero-order valence-corrected chi connectivity index (χ0v) is 15.9. The number of rotatable bonds is 5. The second-order valence-corrected chi connectivity index (χ2v) is 6.66. The van der Waals surface area contributed by atoms with Gasteiger partial charge in [0.15, 0.2) is 6.61 Å². The number of nitrogens with zero attached hydrogens (tertiary/aromatic N) is 2. The van der Waals surface area contributed by atoms with Crippen LogP contribution in [0.4, 0.5) is 0 Å². The van der Waals surface area contributed by atoms with Crippen LogP contribution in [0.2, 0.25) is 0 Å². The van der Waals surface area contributed by atoms with Crippen LogP contribution >= 0.6 is 47.8 Å². The SMILES string of the molecule is O=C(COc1c(Br)cc(Br)cc1Br)NN=Cc1ccccn1. The standard InChI is InChI=1S/C14H10Br3N3O2/c15-9-5-11(16)14(12(17)6-9)22-8-13(21)20-19-7-10-3-1-2-4-18-10/h1-7H,8H2,(H,20,21). The molecule has 0 unspecified atom stereocenters. The topological polar surface area (TPSA) is 63.6 Å². The fourth-order valence-corrected chi connectivity index (χ4v) is 3.95. The molecule has 0 fully saturated rings. The number of halogens is 3. The highest BCUT2D eigenvalue weighted by Gasteiger charge is 2.10. The van der Waals surface area contributed by atoms with Crippen LogP contribution in [0, 0.1) is 0 Å². The van der Waals surface area contributed by atoms with Crippen LogP contribution < -0.4 is 10.2 Å². The van der Waals surface area contributed by atoms with Crippen LogP contribution in [0.25, 0.3) is 0 Å². The Hall–Kier alpha value is -1.25. The third-order valence-electron chi connectivity index (χ3n) is 2.38. The maximum absolute atomic E-state index is 11.7. The molecule has 0 spiro atoms. The van der Waals surface area contributed by atoms with Crippen LogP contribution in [0.15, 0.2) is 55.0 Å². The van der Waals surface area contributed by atoms with Gasteiger partial charge in [0.25, 0.3) is 5.91 Å². The monoisotopic (exact) mass is 489 g/mol. The molecule has 0 aliphatic heterocycles. The quantitative estimate of drug-likeness (QED) is 0.509. The van der Waals surface area contributed by atoms with E-state index in [-0.39, 0.29) is 12.5 Å². The zero-order valence-electron chi connectivity index (χ0n) is 11.1. The molecule has 0 atom stereocenters. The lowest BCUT2D eigenvalue weighted by Crippen LogP contribution is -2.24. The van der Waals surface area contributed by atoms with Crippen molar-refractivity contribution in [2.75, 3.05) is 6.61 Å². The van der Waals surface area contributed by atoms with E-state index in [4.69, 9.17) is 4.74 Å². The number of carbonyl (C=O) groups excluding carboxylic acids is 1. The molecule has 1 N–H and O–H groups in total. The molecule has 8 heteroatoms. The summed E-state index contributed by atoms with van der Waals surface area (Å²) in [6.45, 7) is -0.154. The molecule has 2 rings (SSSR count). The molecule has 2 aromatic rings. The van der Waals surface area contributed by atoms with E-state index in [0.29, 0.717) is 11.4 Å². The molecular weight excluding hydrogens is 482 g/mol. The van der Waals surface area contributed by atoms with Crippen molar-refractivity contribution in [1.29, 1.82) is 0 Å². The normalized spacial score (nSPS) is 10.7. The van der Waals surface area contributed by atoms with E-state index in [1.807, 2.05) is 18.2 Å². The Balaban J connectivity index is 1.87. The Bertz CT molecular complexity index is 670. The summed E-state index contributed by atoms with van der Waals surface area (Å²) in [5.74, 6) is 0.181. The van der Waals surface area contributed by atoms with Gasteiger partial charge in [-0.3, -0.25) is 9.78 Å². The highest BCUT2D eigenvalue weighted by atomic mass is 79.9. The first-order valence-corrected chi connectivity index (χ1v) is 8.44. The summed E-state index contributed by atoms with van der Waals surface area (Å²) >= 11 is 10.1. The van der Waals surface area contributed by atoms with Gasteiger partial charge in [0.05, 0.1) is 20.9 Å². The number of amides is 1. The molecule has 0 radical (unpaired) electrons. The largest absolute Gasteiger partial charge is 0.481 e. The van der Waals surface area contributed by atoms with Gasteiger partial charge in [0.2, 0.25) is 0 Å². The zero-order chi connectivity index (χ0) is 15.9. The third kappa shape index (κ3) is 5.19. The predicted octanol–water partition coefficient (Wildman–Crippen LogP) is 3.90. The van der Waals surface area contributed by atoms with E-state index in [1.54, 1.807) is 18.3 Å². The fraction of sp³-hybridized carbons (Fsp3) is 0.0714. The first-order chi connectivity index (χ1) is 10.6. The average Bonchev–Trinajstić information content (AvgIpc) is 2.47. The molecule has 5 nitrogen and oxygen atoms in total. The van der Waals surface area contributed by atoms with Gasteiger partial charge >= 0.3 is 0 Å². The van der Waals surface area contributed by atoms with E-state index < -0.39 is 0 Å². The van der Waals surface area contributed by atoms with Gasteiger partial charge in [-0.15, -0.1) is 0 Å². The molecular formula is C14H10Br3N3O2. The minimum absolute atomic E-state index is 0.154. The number of hydrogen-bond acceptors (Lipinski definition) is 4. The summed E-state index contributed by atoms with van der Waals surface area (Å²) in [5, 5.41) is 3.81. The molecule has 0 aliphatic carbocycles. The number of ether oxygens (including phenoxy) is 1. The van der Waals surface area contributed by atoms with Crippen molar-refractivity contribution < 1.29 is 9.53 Å². The van der Waals surface area contributed by atoms with E-state index in [1.165, 1.54) is 6.21 Å². The smallest absolute Gasteiger partial charge is 0.277 e. The first-order valence-electron chi connectivity index (χ1n) is 6.06. The van der Waals surface area contributed by atoms with E-state index in [9.17, 15) is 4.79 Å². The molecule has 0 aliphatic rings. The van der Waals surface area contributed by atoms with Crippen LogP contribution in [-0.4, -0.2) is 23.7 Å². The average molecular weight is 492 g/mol. The van der Waals surface area contributed by atoms with Crippen LogP contribution in [0.3, 0.4) is 0 Å². The van der Waals surface area contributed by atoms with Gasteiger partial charge < -0.3 is 4.74 Å². The Kier molecular flexibility index (Phi) is 6.53. The van der Waals surface area contributed by atoms with Crippen LogP contribution in [0.5, 0.6) is 5.75 Å². The summed E-state index contributed by atoms with van der Waals surface area (Å²) in [4.78, 5) is 15.7. The Morgan fingerprint density at radius 3 is 2.64 bits per heavy atom. The van der Waals surface area contributed by atoms with E-state index >= 15 is 0 Å². The Morgan fingerprint density at radius 2 is 2.00 bits per heavy atom. The summed E-state index contributed by atoms with van der Waals surface area (Å²) < 4.78 is 7.83. The molecule has 0 saturated heterocycles. The van der Waals surface area contributed by atoms with Crippen molar-refractivity contribution in [2.45, 2.75) is 0 Å². The maximum Gasteiger partial charge on any atom is 0.277 e. The number of pyridine rings is 1. The Labute approximate surface area is 152 Å². The molecule has 1 aromatic carbocycles. The maximum atomic E-state index is 11.7.